The molecule has 2 N–H and O–H groups in total. The van der Waals surface area contributed by atoms with Gasteiger partial charge in [0.1, 0.15) is 34.0 Å². The smallest absolute Gasteiger partial charge is 0.223 e. The fourth-order valence-corrected chi connectivity index (χ4v) is 6.96. The molecular weight excluding hydrogens is 566 g/mol. The van der Waals surface area contributed by atoms with Crippen LogP contribution in [-0.4, -0.2) is 52.2 Å². The van der Waals surface area contributed by atoms with E-state index in [1.807, 2.05) is 59.5 Å². The molecule has 0 spiro atoms. The number of phenols is 2. The Morgan fingerprint density at radius 3 is 2.27 bits per heavy atom. The summed E-state index contributed by atoms with van der Waals surface area (Å²) >= 11 is 0. The van der Waals surface area contributed by atoms with Crippen LogP contribution in [0.2, 0.25) is 0 Å². The molecule has 45 heavy (non-hydrogen) atoms. The Morgan fingerprint density at radius 1 is 0.822 bits per heavy atom. The number of hydrogen-bond donors (Lipinski definition) is 2. The molecule has 7 rings (SSSR count). The molecule has 8 nitrogen and oxygen atoms in total. The maximum Gasteiger partial charge on any atom is 0.223 e. The summed E-state index contributed by atoms with van der Waals surface area (Å²) in [6, 6.07) is 21.8. The molecule has 1 atom stereocenters. The SMILES string of the molecule is O=C(C[C@H](c1cc2ccccc2nc1N1CCCCC1)c1c(O)cc(O)c2c(=O)cc(-c3ccccc3)oc12)N1CCCCC1. The summed E-state index contributed by atoms with van der Waals surface area (Å²) in [4.78, 5) is 36.9. The van der Waals surface area contributed by atoms with Crippen molar-refractivity contribution in [1.82, 2.24) is 9.88 Å². The summed E-state index contributed by atoms with van der Waals surface area (Å²) in [5.41, 5.74) is 2.28. The minimum atomic E-state index is -0.703. The first-order valence-electron chi connectivity index (χ1n) is 16.0. The molecule has 2 saturated heterocycles. The van der Waals surface area contributed by atoms with Gasteiger partial charge in [-0.3, -0.25) is 9.59 Å². The Balaban J connectivity index is 1.50. The van der Waals surface area contributed by atoms with Crippen molar-refractivity contribution in [3.63, 3.8) is 0 Å². The van der Waals surface area contributed by atoms with Crippen LogP contribution in [0.4, 0.5) is 5.82 Å². The fraction of sp³-hybridized carbons (Fsp3) is 0.324. The molecule has 2 aliphatic rings. The van der Waals surface area contributed by atoms with E-state index in [2.05, 4.69) is 11.0 Å². The van der Waals surface area contributed by atoms with Crippen molar-refractivity contribution in [3.05, 3.63) is 94.1 Å². The third-order valence-corrected chi connectivity index (χ3v) is 9.26. The quantitative estimate of drug-likeness (QED) is 0.216. The van der Waals surface area contributed by atoms with Crippen molar-refractivity contribution in [3.8, 4) is 22.8 Å². The normalized spacial score (nSPS) is 16.3. The lowest BCUT2D eigenvalue weighted by atomic mass is 9.85. The van der Waals surface area contributed by atoms with Crippen molar-refractivity contribution in [2.45, 2.75) is 50.9 Å². The second-order valence-electron chi connectivity index (χ2n) is 12.2. The van der Waals surface area contributed by atoms with E-state index in [1.54, 1.807) is 0 Å². The van der Waals surface area contributed by atoms with Crippen LogP contribution in [0, 0.1) is 0 Å². The van der Waals surface area contributed by atoms with Gasteiger partial charge in [0, 0.05) is 72.7 Å². The number of pyridine rings is 1. The number of carbonyl (C=O) groups is 1. The maximum atomic E-state index is 14.0. The van der Waals surface area contributed by atoms with Crippen LogP contribution in [0.15, 0.2) is 82.0 Å². The van der Waals surface area contributed by atoms with E-state index < -0.39 is 11.3 Å². The van der Waals surface area contributed by atoms with Crippen LogP contribution in [0.25, 0.3) is 33.2 Å². The van der Waals surface area contributed by atoms with Gasteiger partial charge in [-0.25, -0.2) is 4.98 Å². The molecule has 230 valence electrons. The number of rotatable bonds is 6. The molecule has 2 aliphatic heterocycles. The standard InChI is InChI=1S/C37H37N3O5/c41-29-22-30(42)35-31(43)23-32(24-12-4-1-5-13-24)45-36(35)34(29)26(21-33(44)39-16-8-2-9-17-39)27-20-25-14-6-7-15-28(25)38-37(27)40-18-10-3-11-19-40/h1,4-7,12-15,20,22-23,26,41-42H,2-3,8-11,16-19,21H2/t26-/m1/s1. The van der Waals surface area contributed by atoms with Gasteiger partial charge in [0.25, 0.3) is 0 Å². The number of phenolic OH excluding ortho intramolecular Hbond substituents is 2. The molecule has 0 bridgehead atoms. The van der Waals surface area contributed by atoms with Gasteiger partial charge >= 0.3 is 0 Å². The van der Waals surface area contributed by atoms with Gasteiger partial charge in [-0.2, -0.15) is 0 Å². The molecule has 0 saturated carbocycles. The minimum Gasteiger partial charge on any atom is -0.507 e. The van der Waals surface area contributed by atoms with E-state index in [0.29, 0.717) is 30.0 Å². The Morgan fingerprint density at radius 2 is 1.51 bits per heavy atom. The van der Waals surface area contributed by atoms with Crippen molar-refractivity contribution < 1.29 is 19.4 Å². The number of carbonyl (C=O) groups excluding carboxylic acids is 1. The van der Waals surface area contributed by atoms with Crippen LogP contribution in [-0.2, 0) is 4.79 Å². The summed E-state index contributed by atoms with van der Waals surface area (Å²) in [5, 5.41) is 23.5. The second-order valence-corrected chi connectivity index (χ2v) is 12.2. The van der Waals surface area contributed by atoms with Gasteiger partial charge < -0.3 is 24.4 Å². The summed E-state index contributed by atoms with van der Waals surface area (Å²) in [6.45, 7) is 3.05. The van der Waals surface area contributed by atoms with Crippen molar-refractivity contribution in [2.24, 2.45) is 0 Å². The topological polar surface area (TPSA) is 107 Å². The number of para-hydroxylation sites is 1. The van der Waals surface area contributed by atoms with E-state index in [-0.39, 0.29) is 34.8 Å². The predicted molar refractivity (Wildman–Crippen MR) is 176 cm³/mol. The van der Waals surface area contributed by atoms with Crippen LogP contribution < -0.4 is 10.3 Å². The molecule has 4 heterocycles. The lowest BCUT2D eigenvalue weighted by molar-refractivity contribution is -0.132. The lowest BCUT2D eigenvalue weighted by Crippen LogP contribution is -2.37. The van der Waals surface area contributed by atoms with E-state index in [0.717, 1.165) is 73.9 Å². The molecule has 1 amide bonds. The van der Waals surface area contributed by atoms with Crippen molar-refractivity contribution in [2.75, 3.05) is 31.1 Å². The largest absolute Gasteiger partial charge is 0.507 e. The van der Waals surface area contributed by atoms with E-state index >= 15 is 0 Å². The number of piperidine rings is 2. The second kappa shape index (κ2) is 12.3. The molecule has 5 aromatic rings. The van der Waals surface area contributed by atoms with Crippen LogP contribution in [0.5, 0.6) is 11.5 Å². The highest BCUT2D eigenvalue weighted by molar-refractivity contribution is 5.92. The van der Waals surface area contributed by atoms with Crippen LogP contribution in [0.3, 0.4) is 0 Å². The first-order chi connectivity index (χ1) is 22.0. The molecule has 2 aromatic heterocycles. The number of benzene rings is 3. The van der Waals surface area contributed by atoms with Gasteiger partial charge in [-0.1, -0.05) is 48.5 Å². The molecule has 0 aliphatic carbocycles. The van der Waals surface area contributed by atoms with E-state index in [1.165, 1.54) is 12.1 Å². The van der Waals surface area contributed by atoms with Gasteiger partial charge in [0.2, 0.25) is 5.91 Å². The third kappa shape index (κ3) is 5.61. The third-order valence-electron chi connectivity index (χ3n) is 9.26. The average molecular weight is 604 g/mol. The van der Waals surface area contributed by atoms with Crippen molar-refractivity contribution >= 4 is 33.6 Å². The minimum absolute atomic E-state index is 0.0221. The fourth-order valence-electron chi connectivity index (χ4n) is 6.96. The number of aromatic hydroxyl groups is 2. The number of fused-ring (bicyclic) bond motifs is 2. The number of amides is 1. The Kier molecular flexibility index (Phi) is 7.88. The molecule has 3 aromatic carbocycles. The van der Waals surface area contributed by atoms with Gasteiger partial charge in [0.05, 0.1) is 5.52 Å². The Hall–Kier alpha value is -4.85. The predicted octanol–water partition coefficient (Wildman–Crippen LogP) is 6.94. The highest BCUT2D eigenvalue weighted by Crippen LogP contribution is 2.46. The first kappa shape index (κ1) is 28.9. The first-order valence-corrected chi connectivity index (χ1v) is 16.0. The maximum absolute atomic E-state index is 14.0. The number of likely N-dealkylation sites (tertiary alicyclic amines) is 1. The van der Waals surface area contributed by atoms with Crippen molar-refractivity contribution in [1.29, 1.82) is 0 Å². The van der Waals surface area contributed by atoms with E-state index in [4.69, 9.17) is 9.40 Å². The zero-order valence-electron chi connectivity index (χ0n) is 25.2. The Bertz CT molecular complexity index is 1920. The molecular formula is C37H37N3O5. The number of anilines is 1. The highest BCUT2D eigenvalue weighted by atomic mass is 16.3. The summed E-state index contributed by atoms with van der Waals surface area (Å²) < 4.78 is 6.44. The van der Waals surface area contributed by atoms with Gasteiger partial charge in [0.15, 0.2) is 5.43 Å². The average Bonchev–Trinajstić information content (AvgIpc) is 3.08. The summed E-state index contributed by atoms with van der Waals surface area (Å²) in [6.07, 6.45) is 6.27. The monoisotopic (exact) mass is 603 g/mol. The molecule has 8 heteroatoms. The van der Waals surface area contributed by atoms with Crippen LogP contribution in [0.1, 0.15) is 62.0 Å². The zero-order chi connectivity index (χ0) is 30.9. The molecule has 0 unspecified atom stereocenters. The van der Waals surface area contributed by atoms with Gasteiger partial charge in [-0.15, -0.1) is 0 Å². The number of aromatic nitrogens is 1. The van der Waals surface area contributed by atoms with Gasteiger partial charge in [-0.05, 0) is 50.7 Å². The van der Waals surface area contributed by atoms with Crippen LogP contribution >= 0.6 is 0 Å². The zero-order valence-corrected chi connectivity index (χ0v) is 25.2. The number of nitrogens with zero attached hydrogens (tertiary/aromatic N) is 3. The number of hydrogen-bond acceptors (Lipinski definition) is 7. The lowest BCUT2D eigenvalue weighted by Gasteiger charge is -2.33. The highest BCUT2D eigenvalue weighted by Gasteiger charge is 2.33. The molecule has 2 fully saturated rings. The summed E-state index contributed by atoms with van der Waals surface area (Å²) in [7, 11) is 0. The molecule has 0 radical (unpaired) electrons. The Labute approximate surface area is 261 Å². The summed E-state index contributed by atoms with van der Waals surface area (Å²) in [5.74, 6) is -0.248. The van der Waals surface area contributed by atoms with E-state index in [9.17, 15) is 19.8 Å².